The quantitative estimate of drug-likeness (QED) is 0.909. The lowest BCUT2D eigenvalue weighted by atomic mass is 10.1. The Kier molecular flexibility index (Phi) is 5.37. The first-order valence-corrected chi connectivity index (χ1v) is 8.42. The maximum absolute atomic E-state index is 5.49. The third-order valence-electron chi connectivity index (χ3n) is 4.64. The Morgan fingerprint density at radius 1 is 1.17 bits per heavy atom. The summed E-state index contributed by atoms with van der Waals surface area (Å²) in [7, 11) is 0. The number of nitrogens with zero attached hydrogens (tertiary/aromatic N) is 4. The van der Waals surface area contributed by atoms with Crippen molar-refractivity contribution >= 4 is 5.95 Å². The lowest BCUT2D eigenvalue weighted by Gasteiger charge is -2.34. The Labute approximate surface area is 143 Å². The molecule has 1 N–H and O–H groups in total. The molecular weight excluding hydrogens is 302 g/mol. The van der Waals surface area contributed by atoms with Crippen LogP contribution >= 0.6 is 0 Å². The molecule has 0 saturated carbocycles. The Morgan fingerprint density at radius 2 is 1.88 bits per heavy atom. The second-order valence-electron chi connectivity index (χ2n) is 6.17. The Morgan fingerprint density at radius 3 is 2.50 bits per heavy atom. The summed E-state index contributed by atoms with van der Waals surface area (Å²) in [5.74, 6) is 0.692. The average molecular weight is 327 g/mol. The molecule has 24 heavy (non-hydrogen) atoms. The van der Waals surface area contributed by atoms with E-state index in [1.54, 1.807) is 0 Å². The van der Waals surface area contributed by atoms with Gasteiger partial charge in [-0.15, -0.1) is 0 Å². The molecule has 3 rings (SSSR count). The van der Waals surface area contributed by atoms with Gasteiger partial charge in [0.05, 0.1) is 19.3 Å². The number of hydrogen-bond donors (Lipinski definition) is 1. The fourth-order valence-corrected chi connectivity index (χ4v) is 2.96. The molecule has 1 atom stereocenters. The van der Waals surface area contributed by atoms with E-state index in [1.807, 2.05) is 32.3 Å². The van der Waals surface area contributed by atoms with Crippen molar-refractivity contribution < 1.29 is 4.74 Å². The molecule has 1 aliphatic rings. The van der Waals surface area contributed by atoms with E-state index in [0.717, 1.165) is 49.8 Å². The van der Waals surface area contributed by atoms with Crippen molar-refractivity contribution in [1.29, 1.82) is 0 Å². The SMILES string of the molecule is Cc1nc(NCC(c2cccnc2)N2CCOCC2)nc(C)c1C. The first kappa shape index (κ1) is 16.8. The summed E-state index contributed by atoms with van der Waals surface area (Å²) in [4.78, 5) is 15.8. The molecular formula is C18H25N5O. The molecule has 0 amide bonds. The summed E-state index contributed by atoms with van der Waals surface area (Å²) in [6.45, 7) is 10.2. The van der Waals surface area contributed by atoms with Crippen LogP contribution in [0.25, 0.3) is 0 Å². The molecule has 0 aliphatic carbocycles. The van der Waals surface area contributed by atoms with E-state index in [9.17, 15) is 0 Å². The summed E-state index contributed by atoms with van der Waals surface area (Å²) in [5, 5.41) is 3.42. The van der Waals surface area contributed by atoms with Crippen LogP contribution in [0, 0.1) is 20.8 Å². The lowest BCUT2D eigenvalue weighted by Crippen LogP contribution is -2.41. The van der Waals surface area contributed by atoms with Gasteiger partial charge in [0.1, 0.15) is 0 Å². The fourth-order valence-electron chi connectivity index (χ4n) is 2.96. The molecule has 0 aromatic carbocycles. The summed E-state index contributed by atoms with van der Waals surface area (Å²) in [6, 6.07) is 4.34. The van der Waals surface area contributed by atoms with E-state index in [0.29, 0.717) is 5.95 Å². The highest BCUT2D eigenvalue weighted by molar-refractivity contribution is 5.33. The minimum atomic E-state index is 0.230. The van der Waals surface area contributed by atoms with E-state index < -0.39 is 0 Å². The normalized spacial score (nSPS) is 16.8. The van der Waals surface area contributed by atoms with Gasteiger partial charge < -0.3 is 10.1 Å². The number of pyridine rings is 1. The van der Waals surface area contributed by atoms with Crippen LogP contribution in [-0.4, -0.2) is 52.7 Å². The summed E-state index contributed by atoms with van der Waals surface area (Å²) in [6.07, 6.45) is 3.75. The van der Waals surface area contributed by atoms with E-state index in [-0.39, 0.29) is 6.04 Å². The molecule has 6 heteroatoms. The second kappa shape index (κ2) is 7.68. The van der Waals surface area contributed by atoms with E-state index >= 15 is 0 Å². The molecule has 1 aliphatic heterocycles. The zero-order valence-corrected chi connectivity index (χ0v) is 14.6. The molecule has 2 aromatic rings. The van der Waals surface area contributed by atoms with Crippen LogP contribution in [0.4, 0.5) is 5.95 Å². The predicted molar refractivity (Wildman–Crippen MR) is 94.1 cm³/mol. The molecule has 0 radical (unpaired) electrons. The molecule has 3 heterocycles. The highest BCUT2D eigenvalue weighted by atomic mass is 16.5. The van der Waals surface area contributed by atoms with E-state index in [2.05, 4.69) is 38.2 Å². The predicted octanol–water partition coefficient (Wildman–Crippen LogP) is 2.28. The Hall–Kier alpha value is -2.05. The number of rotatable bonds is 5. The van der Waals surface area contributed by atoms with Gasteiger partial charge in [0.2, 0.25) is 5.95 Å². The van der Waals surface area contributed by atoms with Gasteiger partial charge in [-0.2, -0.15) is 0 Å². The Balaban J connectivity index is 1.77. The third kappa shape index (κ3) is 3.88. The van der Waals surface area contributed by atoms with Crippen molar-refractivity contribution in [3.05, 3.63) is 47.0 Å². The summed E-state index contributed by atoms with van der Waals surface area (Å²) >= 11 is 0. The van der Waals surface area contributed by atoms with Crippen molar-refractivity contribution in [2.75, 3.05) is 38.2 Å². The number of ether oxygens (including phenoxy) is 1. The fraction of sp³-hybridized carbons (Fsp3) is 0.500. The van der Waals surface area contributed by atoms with Gasteiger partial charge in [-0.05, 0) is 38.0 Å². The number of aromatic nitrogens is 3. The summed E-state index contributed by atoms with van der Waals surface area (Å²) < 4.78 is 5.49. The van der Waals surface area contributed by atoms with Gasteiger partial charge in [-0.1, -0.05) is 6.07 Å². The number of hydrogen-bond acceptors (Lipinski definition) is 6. The van der Waals surface area contributed by atoms with Gasteiger partial charge in [0, 0.05) is 43.4 Å². The van der Waals surface area contributed by atoms with Crippen LogP contribution in [0.5, 0.6) is 0 Å². The van der Waals surface area contributed by atoms with Gasteiger partial charge in [0.15, 0.2) is 0 Å². The van der Waals surface area contributed by atoms with Gasteiger partial charge in [0.25, 0.3) is 0 Å². The summed E-state index contributed by atoms with van der Waals surface area (Å²) in [5.41, 5.74) is 4.40. The third-order valence-corrected chi connectivity index (χ3v) is 4.64. The van der Waals surface area contributed by atoms with Crippen molar-refractivity contribution in [3.8, 4) is 0 Å². The van der Waals surface area contributed by atoms with E-state index in [1.165, 1.54) is 5.56 Å². The number of nitrogens with one attached hydrogen (secondary N) is 1. The van der Waals surface area contributed by atoms with Gasteiger partial charge in [-0.3, -0.25) is 9.88 Å². The first-order valence-electron chi connectivity index (χ1n) is 8.42. The monoisotopic (exact) mass is 327 g/mol. The standard InChI is InChI=1S/C18H25N5O/c1-13-14(2)21-18(22-15(13)3)20-12-17(16-5-4-6-19-11-16)23-7-9-24-10-8-23/h4-6,11,17H,7-10,12H2,1-3H3,(H,20,21,22). The zero-order chi connectivity index (χ0) is 16.9. The van der Waals surface area contributed by atoms with Crippen LogP contribution in [-0.2, 0) is 4.74 Å². The second-order valence-corrected chi connectivity index (χ2v) is 6.17. The number of anilines is 1. The maximum atomic E-state index is 5.49. The Bertz CT molecular complexity index is 647. The lowest BCUT2D eigenvalue weighted by molar-refractivity contribution is 0.0186. The molecule has 1 saturated heterocycles. The molecule has 128 valence electrons. The van der Waals surface area contributed by atoms with Crippen molar-refractivity contribution in [3.63, 3.8) is 0 Å². The van der Waals surface area contributed by atoms with Crippen molar-refractivity contribution in [2.24, 2.45) is 0 Å². The van der Waals surface area contributed by atoms with E-state index in [4.69, 9.17) is 4.74 Å². The van der Waals surface area contributed by atoms with Gasteiger partial charge >= 0.3 is 0 Å². The topological polar surface area (TPSA) is 63.2 Å². The van der Waals surface area contributed by atoms with Crippen LogP contribution in [0.15, 0.2) is 24.5 Å². The molecule has 6 nitrogen and oxygen atoms in total. The number of aryl methyl sites for hydroxylation is 2. The van der Waals surface area contributed by atoms with Gasteiger partial charge in [-0.25, -0.2) is 9.97 Å². The smallest absolute Gasteiger partial charge is 0.223 e. The molecule has 2 aromatic heterocycles. The number of morpholine rings is 1. The molecule has 1 fully saturated rings. The minimum Gasteiger partial charge on any atom is -0.379 e. The van der Waals surface area contributed by atoms with Crippen LogP contribution in [0.2, 0.25) is 0 Å². The molecule has 0 bridgehead atoms. The van der Waals surface area contributed by atoms with Crippen LogP contribution in [0.1, 0.15) is 28.6 Å². The molecule has 1 unspecified atom stereocenters. The largest absolute Gasteiger partial charge is 0.379 e. The van der Waals surface area contributed by atoms with Crippen molar-refractivity contribution in [1.82, 2.24) is 19.9 Å². The maximum Gasteiger partial charge on any atom is 0.223 e. The highest BCUT2D eigenvalue weighted by Gasteiger charge is 2.23. The van der Waals surface area contributed by atoms with Crippen molar-refractivity contribution in [2.45, 2.75) is 26.8 Å². The van der Waals surface area contributed by atoms with Crippen LogP contribution < -0.4 is 5.32 Å². The average Bonchev–Trinajstić information content (AvgIpc) is 2.61. The first-order chi connectivity index (χ1) is 11.6. The zero-order valence-electron chi connectivity index (χ0n) is 14.6. The van der Waals surface area contributed by atoms with Crippen LogP contribution in [0.3, 0.4) is 0 Å². The minimum absolute atomic E-state index is 0.230. The highest BCUT2D eigenvalue weighted by Crippen LogP contribution is 2.22. The molecule has 0 spiro atoms.